The Hall–Kier alpha value is -2.11. The van der Waals surface area contributed by atoms with Crippen LogP contribution in [0, 0.1) is 13.8 Å². The van der Waals surface area contributed by atoms with Gasteiger partial charge >= 0.3 is 0 Å². The number of nitrogens with one attached hydrogen (secondary N) is 1. The lowest BCUT2D eigenvalue weighted by Gasteiger charge is -2.29. The number of aromatic nitrogens is 1. The van der Waals surface area contributed by atoms with Crippen molar-refractivity contribution in [2.24, 2.45) is 0 Å². The largest absolute Gasteiger partial charge is 0.397 e. The number of alkyl halides is 2. The number of nitrogens with two attached hydrogens (primary N) is 1. The maximum absolute atomic E-state index is 13.2. The van der Waals surface area contributed by atoms with Gasteiger partial charge in [0, 0.05) is 24.4 Å². The van der Waals surface area contributed by atoms with Gasteiger partial charge in [0.15, 0.2) is 0 Å². The molecule has 1 fully saturated rings. The Morgan fingerprint density at radius 2 is 1.96 bits per heavy atom. The van der Waals surface area contributed by atoms with Gasteiger partial charge in [-0.25, -0.2) is 8.78 Å². The number of anilines is 2. The van der Waals surface area contributed by atoms with E-state index in [1.807, 2.05) is 32.0 Å². The van der Waals surface area contributed by atoms with E-state index in [0.717, 1.165) is 28.3 Å². The summed E-state index contributed by atoms with van der Waals surface area (Å²) in [6, 6.07) is 5.75. The number of rotatable bonds is 3. The molecule has 124 valence electrons. The summed E-state index contributed by atoms with van der Waals surface area (Å²) in [6.45, 7) is 3.75. The second-order valence-corrected chi connectivity index (χ2v) is 6.28. The minimum Gasteiger partial charge on any atom is -0.397 e. The highest BCUT2D eigenvalue weighted by atomic mass is 19.3. The average Bonchev–Trinajstić information content (AvgIpc) is 2.82. The summed E-state index contributed by atoms with van der Waals surface area (Å²) in [7, 11) is 0. The molecule has 0 unspecified atom stereocenters. The molecule has 0 atom stereocenters. The molecular formula is C17H21F2N3O. The van der Waals surface area contributed by atoms with Crippen LogP contribution in [0.1, 0.15) is 37.1 Å². The molecule has 4 nitrogen and oxygen atoms in total. The number of aryl methyl sites for hydroxylation is 2. The van der Waals surface area contributed by atoms with Crippen LogP contribution in [0.4, 0.5) is 20.2 Å². The van der Waals surface area contributed by atoms with Gasteiger partial charge in [-0.15, -0.1) is 0 Å². The van der Waals surface area contributed by atoms with Crippen LogP contribution in [-0.4, -0.2) is 17.1 Å². The Morgan fingerprint density at radius 3 is 2.52 bits per heavy atom. The second kappa shape index (κ2) is 5.83. The summed E-state index contributed by atoms with van der Waals surface area (Å²) in [5.74, 6) is -1.77. The topological polar surface area (TPSA) is 64.1 Å². The van der Waals surface area contributed by atoms with Gasteiger partial charge in [0.25, 0.3) is 0 Å². The van der Waals surface area contributed by atoms with Crippen LogP contribution < -0.4 is 11.1 Å². The molecule has 0 spiro atoms. The lowest BCUT2D eigenvalue weighted by molar-refractivity contribution is -0.0360. The van der Waals surface area contributed by atoms with Crippen molar-refractivity contribution in [2.45, 2.75) is 51.5 Å². The van der Waals surface area contributed by atoms with Gasteiger partial charge in [-0.2, -0.15) is 0 Å². The monoisotopic (exact) mass is 321 g/mol. The molecule has 1 aliphatic carbocycles. The van der Waals surface area contributed by atoms with Crippen LogP contribution in [-0.2, 0) is 0 Å². The van der Waals surface area contributed by atoms with Gasteiger partial charge in [-0.1, -0.05) is 11.2 Å². The van der Waals surface area contributed by atoms with Gasteiger partial charge in [0.1, 0.15) is 5.76 Å². The van der Waals surface area contributed by atoms with Crippen molar-refractivity contribution in [3.63, 3.8) is 0 Å². The zero-order chi connectivity index (χ0) is 16.6. The van der Waals surface area contributed by atoms with Crippen molar-refractivity contribution in [2.75, 3.05) is 11.1 Å². The molecule has 3 rings (SSSR count). The van der Waals surface area contributed by atoms with Crippen molar-refractivity contribution in [3.8, 4) is 11.1 Å². The van der Waals surface area contributed by atoms with Crippen LogP contribution in [0.2, 0.25) is 0 Å². The summed E-state index contributed by atoms with van der Waals surface area (Å²) in [5.41, 5.74) is 10.2. The molecule has 1 aromatic carbocycles. The Kier molecular flexibility index (Phi) is 4.00. The van der Waals surface area contributed by atoms with E-state index in [2.05, 4.69) is 10.5 Å². The molecule has 23 heavy (non-hydrogen) atoms. The highest BCUT2D eigenvalue weighted by molar-refractivity contribution is 5.77. The number of halogens is 2. The van der Waals surface area contributed by atoms with Crippen LogP contribution in [0.15, 0.2) is 22.7 Å². The fourth-order valence-electron chi connectivity index (χ4n) is 3.15. The van der Waals surface area contributed by atoms with E-state index in [1.54, 1.807) is 0 Å². The molecule has 1 aliphatic rings. The van der Waals surface area contributed by atoms with E-state index in [-0.39, 0.29) is 18.9 Å². The van der Waals surface area contributed by atoms with Gasteiger partial charge < -0.3 is 15.6 Å². The highest BCUT2D eigenvalue weighted by Gasteiger charge is 2.34. The summed E-state index contributed by atoms with van der Waals surface area (Å²) >= 11 is 0. The first-order chi connectivity index (χ1) is 10.9. The summed E-state index contributed by atoms with van der Waals surface area (Å²) in [5, 5.41) is 7.24. The normalized spacial score (nSPS) is 18.1. The van der Waals surface area contributed by atoms with E-state index < -0.39 is 5.92 Å². The van der Waals surface area contributed by atoms with Gasteiger partial charge in [0.2, 0.25) is 5.92 Å². The van der Waals surface area contributed by atoms with Gasteiger partial charge in [0.05, 0.1) is 17.1 Å². The lowest BCUT2D eigenvalue weighted by atomic mass is 9.92. The summed E-state index contributed by atoms with van der Waals surface area (Å²) < 4.78 is 31.6. The molecule has 1 saturated carbocycles. The summed E-state index contributed by atoms with van der Waals surface area (Å²) in [4.78, 5) is 0. The zero-order valence-corrected chi connectivity index (χ0v) is 13.3. The third-order valence-electron chi connectivity index (χ3n) is 4.45. The molecule has 0 bridgehead atoms. The maximum Gasteiger partial charge on any atom is 0.248 e. The molecule has 2 aromatic rings. The van der Waals surface area contributed by atoms with Crippen LogP contribution >= 0.6 is 0 Å². The molecule has 1 heterocycles. The van der Waals surface area contributed by atoms with Crippen molar-refractivity contribution < 1.29 is 13.3 Å². The molecule has 3 N–H and O–H groups in total. The highest BCUT2D eigenvalue weighted by Crippen LogP contribution is 2.36. The molecular weight excluding hydrogens is 300 g/mol. The first-order valence-corrected chi connectivity index (χ1v) is 7.83. The first-order valence-electron chi connectivity index (χ1n) is 7.83. The number of nitrogen functional groups attached to an aromatic ring is 1. The Bertz CT molecular complexity index is 682. The van der Waals surface area contributed by atoms with Crippen LogP contribution in [0.5, 0.6) is 0 Å². The van der Waals surface area contributed by atoms with Crippen LogP contribution in [0.25, 0.3) is 11.1 Å². The van der Waals surface area contributed by atoms with E-state index in [4.69, 9.17) is 10.3 Å². The van der Waals surface area contributed by atoms with E-state index in [1.165, 1.54) is 0 Å². The Labute approximate surface area is 134 Å². The lowest BCUT2D eigenvalue weighted by Crippen LogP contribution is -2.32. The SMILES string of the molecule is Cc1noc(C)c1-c1ccc(NC2CCC(F)(F)CC2)c(N)c1. The number of nitrogens with zero attached hydrogens (tertiary/aromatic N) is 1. The molecule has 0 aliphatic heterocycles. The average molecular weight is 321 g/mol. The minimum absolute atomic E-state index is 0.0434. The first kappa shape index (κ1) is 15.8. The van der Waals surface area contributed by atoms with Crippen molar-refractivity contribution in [1.82, 2.24) is 5.16 Å². The van der Waals surface area contributed by atoms with Crippen molar-refractivity contribution in [3.05, 3.63) is 29.7 Å². The number of benzene rings is 1. The fraction of sp³-hybridized carbons (Fsp3) is 0.471. The molecule has 6 heteroatoms. The minimum atomic E-state index is -2.52. The third-order valence-corrected chi connectivity index (χ3v) is 4.45. The van der Waals surface area contributed by atoms with Crippen LogP contribution in [0.3, 0.4) is 0 Å². The maximum atomic E-state index is 13.2. The number of hydrogen-bond donors (Lipinski definition) is 2. The standard InChI is InChI=1S/C17H21F2N3O/c1-10-16(11(2)23-22-10)12-3-4-15(14(20)9-12)21-13-5-7-17(18,19)8-6-13/h3-4,9,13,21H,5-8,20H2,1-2H3. The molecule has 0 amide bonds. The molecule has 0 saturated heterocycles. The summed E-state index contributed by atoms with van der Waals surface area (Å²) in [6.07, 6.45) is 0.777. The predicted octanol–water partition coefficient (Wildman–Crippen LogP) is 4.53. The second-order valence-electron chi connectivity index (χ2n) is 6.28. The van der Waals surface area contributed by atoms with Crippen molar-refractivity contribution >= 4 is 11.4 Å². The van der Waals surface area contributed by atoms with E-state index in [9.17, 15) is 8.78 Å². The zero-order valence-electron chi connectivity index (χ0n) is 13.3. The fourth-order valence-corrected chi connectivity index (χ4v) is 3.15. The molecule has 1 aromatic heterocycles. The quantitative estimate of drug-likeness (QED) is 0.815. The van der Waals surface area contributed by atoms with E-state index >= 15 is 0 Å². The molecule has 0 radical (unpaired) electrons. The van der Waals surface area contributed by atoms with Gasteiger partial charge in [-0.05, 0) is 44.4 Å². The van der Waals surface area contributed by atoms with Gasteiger partial charge in [-0.3, -0.25) is 0 Å². The Morgan fingerprint density at radius 1 is 1.26 bits per heavy atom. The smallest absolute Gasteiger partial charge is 0.248 e. The Balaban J connectivity index is 1.76. The van der Waals surface area contributed by atoms with E-state index in [0.29, 0.717) is 18.5 Å². The third kappa shape index (κ3) is 3.30. The number of hydrogen-bond acceptors (Lipinski definition) is 4. The predicted molar refractivity (Wildman–Crippen MR) is 86.7 cm³/mol. The van der Waals surface area contributed by atoms with Crippen molar-refractivity contribution in [1.29, 1.82) is 0 Å².